The van der Waals surface area contributed by atoms with Crippen LogP contribution < -0.4 is 0 Å². The third kappa shape index (κ3) is 5.24. The van der Waals surface area contributed by atoms with E-state index in [1.54, 1.807) is 12.4 Å². The molecule has 2 aromatic heterocycles. The van der Waals surface area contributed by atoms with E-state index in [2.05, 4.69) is 9.97 Å². The Hall–Kier alpha value is -3.01. The summed E-state index contributed by atoms with van der Waals surface area (Å²) in [6.07, 6.45) is 6.48. The van der Waals surface area contributed by atoms with Crippen molar-refractivity contribution in [3.8, 4) is 0 Å². The van der Waals surface area contributed by atoms with Gasteiger partial charge in [0, 0.05) is 31.6 Å². The smallest absolute Gasteiger partial charge is 0.223 e. The first kappa shape index (κ1) is 16.8. The summed E-state index contributed by atoms with van der Waals surface area (Å²) >= 11 is 0. The fourth-order valence-electron chi connectivity index (χ4n) is 2.68. The predicted molar refractivity (Wildman–Crippen MR) is 97.5 cm³/mol. The van der Waals surface area contributed by atoms with E-state index in [0.717, 1.165) is 16.8 Å². The summed E-state index contributed by atoms with van der Waals surface area (Å²) in [5.74, 6) is 0.123. The van der Waals surface area contributed by atoms with Crippen LogP contribution in [0.3, 0.4) is 0 Å². The Morgan fingerprint density at radius 2 is 1.64 bits per heavy atom. The van der Waals surface area contributed by atoms with Crippen LogP contribution in [0.1, 0.15) is 23.2 Å². The minimum absolute atomic E-state index is 0.123. The molecule has 3 rings (SSSR count). The van der Waals surface area contributed by atoms with Gasteiger partial charge in [-0.1, -0.05) is 42.5 Å². The van der Waals surface area contributed by atoms with E-state index in [1.165, 1.54) is 0 Å². The number of hydrogen-bond donors (Lipinski definition) is 0. The van der Waals surface area contributed by atoms with Crippen molar-refractivity contribution in [2.45, 2.75) is 25.9 Å². The lowest BCUT2D eigenvalue weighted by molar-refractivity contribution is -0.132. The molecule has 4 heteroatoms. The van der Waals surface area contributed by atoms with E-state index < -0.39 is 0 Å². The monoisotopic (exact) mass is 331 g/mol. The van der Waals surface area contributed by atoms with Gasteiger partial charge >= 0.3 is 0 Å². The Balaban J connectivity index is 1.69. The van der Waals surface area contributed by atoms with Crippen LogP contribution in [-0.2, 0) is 24.3 Å². The number of carbonyl (C=O) groups excluding carboxylic acids is 1. The van der Waals surface area contributed by atoms with Crippen LogP contribution in [-0.4, -0.2) is 20.8 Å². The standard InChI is InChI=1S/C21H21N3O/c25-21(12-11-18-9-6-13-22-15-18)24(16-19-7-2-1-3-8-19)17-20-10-4-5-14-23-20/h1-10,13-15H,11-12,16-17H2. The van der Waals surface area contributed by atoms with E-state index in [4.69, 9.17) is 0 Å². The number of benzene rings is 1. The molecule has 4 nitrogen and oxygen atoms in total. The highest BCUT2D eigenvalue weighted by atomic mass is 16.2. The number of carbonyl (C=O) groups is 1. The second-order valence-corrected chi connectivity index (χ2v) is 5.92. The van der Waals surface area contributed by atoms with Gasteiger partial charge < -0.3 is 4.90 Å². The molecule has 1 amide bonds. The molecule has 1 aromatic carbocycles. The maximum atomic E-state index is 12.8. The van der Waals surface area contributed by atoms with E-state index in [9.17, 15) is 4.79 Å². The summed E-state index contributed by atoms with van der Waals surface area (Å²) in [4.78, 5) is 23.1. The lowest BCUT2D eigenvalue weighted by atomic mass is 10.1. The van der Waals surface area contributed by atoms with Crippen molar-refractivity contribution in [3.63, 3.8) is 0 Å². The molecular formula is C21H21N3O. The Morgan fingerprint density at radius 1 is 0.840 bits per heavy atom. The predicted octanol–water partition coefficient (Wildman–Crippen LogP) is 3.64. The highest BCUT2D eigenvalue weighted by Crippen LogP contribution is 2.12. The molecule has 0 saturated carbocycles. The average Bonchev–Trinajstić information content (AvgIpc) is 2.68. The molecule has 126 valence electrons. The van der Waals surface area contributed by atoms with Crippen molar-refractivity contribution >= 4 is 5.91 Å². The molecule has 0 bridgehead atoms. The van der Waals surface area contributed by atoms with Crippen molar-refractivity contribution in [2.75, 3.05) is 0 Å². The number of aromatic nitrogens is 2. The zero-order valence-electron chi connectivity index (χ0n) is 14.1. The molecular weight excluding hydrogens is 310 g/mol. The fourth-order valence-corrected chi connectivity index (χ4v) is 2.68. The molecule has 0 spiro atoms. The Morgan fingerprint density at radius 3 is 2.36 bits per heavy atom. The van der Waals surface area contributed by atoms with Crippen LogP contribution in [0, 0.1) is 0 Å². The molecule has 25 heavy (non-hydrogen) atoms. The van der Waals surface area contributed by atoms with Crippen molar-refractivity contribution in [1.82, 2.24) is 14.9 Å². The summed E-state index contributed by atoms with van der Waals surface area (Å²) < 4.78 is 0. The maximum Gasteiger partial charge on any atom is 0.223 e. The first-order valence-corrected chi connectivity index (χ1v) is 8.42. The topological polar surface area (TPSA) is 46.1 Å². The number of hydrogen-bond acceptors (Lipinski definition) is 3. The van der Waals surface area contributed by atoms with Crippen molar-refractivity contribution in [2.24, 2.45) is 0 Å². The van der Waals surface area contributed by atoms with Gasteiger partial charge in [0.1, 0.15) is 0 Å². The molecule has 0 N–H and O–H groups in total. The first-order chi connectivity index (χ1) is 12.3. The molecule has 0 aliphatic carbocycles. The second kappa shape index (κ2) is 8.73. The minimum atomic E-state index is 0.123. The van der Waals surface area contributed by atoms with Gasteiger partial charge in [0.05, 0.1) is 12.2 Å². The molecule has 0 saturated heterocycles. The number of amides is 1. The van der Waals surface area contributed by atoms with Crippen LogP contribution in [0.5, 0.6) is 0 Å². The van der Waals surface area contributed by atoms with Crippen LogP contribution in [0.2, 0.25) is 0 Å². The van der Waals surface area contributed by atoms with Gasteiger partial charge in [-0.3, -0.25) is 14.8 Å². The van der Waals surface area contributed by atoms with Crippen LogP contribution in [0.15, 0.2) is 79.3 Å². The number of rotatable bonds is 7. The lowest BCUT2D eigenvalue weighted by Gasteiger charge is -2.22. The SMILES string of the molecule is O=C(CCc1cccnc1)N(Cc1ccccc1)Cc1ccccn1. The zero-order chi connectivity index (χ0) is 17.3. The number of aryl methyl sites for hydroxylation is 1. The summed E-state index contributed by atoms with van der Waals surface area (Å²) in [7, 11) is 0. The minimum Gasteiger partial charge on any atom is -0.332 e. The molecule has 2 heterocycles. The highest BCUT2D eigenvalue weighted by Gasteiger charge is 2.15. The molecule has 0 aliphatic rings. The Kier molecular flexibility index (Phi) is 5.88. The quantitative estimate of drug-likeness (QED) is 0.664. The van der Waals surface area contributed by atoms with Gasteiger partial charge in [-0.2, -0.15) is 0 Å². The number of pyridine rings is 2. The fraction of sp³-hybridized carbons (Fsp3) is 0.190. The van der Waals surface area contributed by atoms with Crippen molar-refractivity contribution in [1.29, 1.82) is 0 Å². The maximum absolute atomic E-state index is 12.8. The molecule has 3 aromatic rings. The first-order valence-electron chi connectivity index (χ1n) is 8.42. The lowest BCUT2D eigenvalue weighted by Crippen LogP contribution is -2.30. The largest absolute Gasteiger partial charge is 0.332 e. The van der Waals surface area contributed by atoms with Crippen LogP contribution in [0.25, 0.3) is 0 Å². The van der Waals surface area contributed by atoms with E-state index >= 15 is 0 Å². The summed E-state index contributed by atoms with van der Waals surface area (Å²) in [6.45, 7) is 1.10. The molecule has 0 aliphatic heterocycles. The zero-order valence-corrected chi connectivity index (χ0v) is 14.1. The Bertz CT molecular complexity index is 735. The molecule has 0 fully saturated rings. The second-order valence-electron chi connectivity index (χ2n) is 5.92. The van der Waals surface area contributed by atoms with E-state index in [1.807, 2.05) is 71.8 Å². The Labute approximate surface area is 148 Å². The summed E-state index contributed by atoms with van der Waals surface area (Å²) in [6, 6.07) is 19.7. The van der Waals surface area contributed by atoms with E-state index in [0.29, 0.717) is 25.9 Å². The molecule has 0 atom stereocenters. The van der Waals surface area contributed by atoms with E-state index in [-0.39, 0.29) is 5.91 Å². The van der Waals surface area contributed by atoms with Gasteiger partial charge in [-0.05, 0) is 35.7 Å². The van der Waals surface area contributed by atoms with Gasteiger partial charge in [-0.15, -0.1) is 0 Å². The average molecular weight is 331 g/mol. The molecule has 0 unspecified atom stereocenters. The van der Waals surface area contributed by atoms with Gasteiger partial charge in [-0.25, -0.2) is 0 Å². The van der Waals surface area contributed by atoms with Crippen LogP contribution >= 0.6 is 0 Å². The van der Waals surface area contributed by atoms with Crippen LogP contribution in [0.4, 0.5) is 0 Å². The molecule has 0 radical (unpaired) electrons. The highest BCUT2D eigenvalue weighted by molar-refractivity contribution is 5.76. The van der Waals surface area contributed by atoms with Gasteiger partial charge in [0.2, 0.25) is 5.91 Å². The summed E-state index contributed by atoms with van der Waals surface area (Å²) in [5, 5.41) is 0. The summed E-state index contributed by atoms with van der Waals surface area (Å²) in [5.41, 5.74) is 3.09. The van der Waals surface area contributed by atoms with Gasteiger partial charge in [0.25, 0.3) is 0 Å². The van der Waals surface area contributed by atoms with Gasteiger partial charge in [0.15, 0.2) is 0 Å². The number of nitrogens with zero attached hydrogens (tertiary/aromatic N) is 3. The third-order valence-electron chi connectivity index (χ3n) is 4.00. The third-order valence-corrected chi connectivity index (χ3v) is 4.00. The van der Waals surface area contributed by atoms with Crippen molar-refractivity contribution < 1.29 is 4.79 Å². The van der Waals surface area contributed by atoms with Crippen molar-refractivity contribution in [3.05, 3.63) is 96.1 Å². The normalized spacial score (nSPS) is 10.4.